The van der Waals surface area contributed by atoms with Gasteiger partial charge in [0.05, 0.1) is 18.2 Å². The number of ether oxygens (including phenoxy) is 1. The smallest absolute Gasteiger partial charge is 0.415 e. The van der Waals surface area contributed by atoms with Crippen LogP contribution >= 0.6 is 0 Å². The van der Waals surface area contributed by atoms with Crippen molar-refractivity contribution in [1.82, 2.24) is 14.5 Å². The van der Waals surface area contributed by atoms with Crippen molar-refractivity contribution < 1.29 is 9.66 Å². The van der Waals surface area contributed by atoms with E-state index >= 15 is 0 Å². The first-order valence-corrected chi connectivity index (χ1v) is 9.73. The van der Waals surface area contributed by atoms with E-state index in [0.29, 0.717) is 24.2 Å². The van der Waals surface area contributed by atoms with Gasteiger partial charge in [0.25, 0.3) is 0 Å². The number of anilines is 1. The van der Waals surface area contributed by atoms with Gasteiger partial charge in [0.1, 0.15) is 11.8 Å². The van der Waals surface area contributed by atoms with Gasteiger partial charge in [-0.1, -0.05) is 0 Å². The van der Waals surface area contributed by atoms with Crippen molar-refractivity contribution in [2.75, 3.05) is 31.6 Å². The summed E-state index contributed by atoms with van der Waals surface area (Å²) in [5, 5.41) is 19.8. The predicted molar refractivity (Wildman–Crippen MR) is 107 cm³/mol. The number of nitriles is 1. The number of aromatic nitrogens is 2. The minimum atomic E-state index is -0.500. The molecule has 0 unspecified atom stereocenters. The Morgan fingerprint density at radius 2 is 2.07 bits per heavy atom. The van der Waals surface area contributed by atoms with Crippen LogP contribution < -0.4 is 9.64 Å². The lowest BCUT2D eigenvalue weighted by atomic mass is 9.99. The van der Waals surface area contributed by atoms with E-state index in [9.17, 15) is 10.1 Å². The van der Waals surface area contributed by atoms with E-state index < -0.39 is 10.5 Å². The fourth-order valence-corrected chi connectivity index (χ4v) is 4.33. The second kappa shape index (κ2) is 7.37. The Labute approximate surface area is 169 Å². The molecule has 1 aromatic carbocycles. The van der Waals surface area contributed by atoms with Gasteiger partial charge in [0, 0.05) is 36.3 Å². The second-order valence-corrected chi connectivity index (χ2v) is 8.11. The van der Waals surface area contributed by atoms with E-state index in [1.54, 1.807) is 4.57 Å². The van der Waals surface area contributed by atoms with E-state index in [1.165, 1.54) is 6.20 Å². The molecule has 2 aliphatic heterocycles. The van der Waals surface area contributed by atoms with Gasteiger partial charge in [0.15, 0.2) is 0 Å². The molecule has 9 nitrogen and oxygen atoms in total. The standard InChI is InChI=1S/C20H24N6O3/c1-20(14-25-12-18(26(27)28)22-19(25)29-20)13-23(2)16-7-9-24(10-8-16)17-5-3-15(11-21)4-6-17/h3-6,12,16H,7-10,13-14H2,1-2H3/t20-/m0/s1. The number of imidazole rings is 1. The van der Waals surface area contributed by atoms with E-state index in [2.05, 4.69) is 27.9 Å². The number of fused-ring (bicyclic) bond motifs is 1. The van der Waals surface area contributed by atoms with E-state index in [1.807, 2.05) is 31.2 Å². The lowest BCUT2D eigenvalue weighted by Crippen LogP contribution is -2.50. The van der Waals surface area contributed by atoms with Crippen LogP contribution in [0, 0.1) is 21.4 Å². The molecular weight excluding hydrogens is 372 g/mol. The largest absolute Gasteiger partial charge is 0.436 e. The fourth-order valence-electron chi connectivity index (χ4n) is 4.33. The third-order valence-corrected chi connectivity index (χ3v) is 5.79. The summed E-state index contributed by atoms with van der Waals surface area (Å²) in [6.07, 6.45) is 3.53. The highest BCUT2D eigenvalue weighted by Gasteiger charge is 2.42. The monoisotopic (exact) mass is 396 g/mol. The van der Waals surface area contributed by atoms with Crippen LogP contribution in [-0.4, -0.2) is 57.7 Å². The molecule has 0 spiro atoms. The van der Waals surface area contributed by atoms with E-state index in [4.69, 9.17) is 10.00 Å². The van der Waals surface area contributed by atoms with Gasteiger partial charge in [-0.3, -0.25) is 9.47 Å². The molecule has 0 aliphatic carbocycles. The number of hydrogen-bond acceptors (Lipinski definition) is 7. The van der Waals surface area contributed by atoms with E-state index in [-0.39, 0.29) is 5.82 Å². The Bertz CT molecular complexity index is 917. The molecule has 2 aliphatic rings. The summed E-state index contributed by atoms with van der Waals surface area (Å²) in [7, 11) is 2.11. The molecule has 0 saturated carbocycles. The maximum Gasteiger partial charge on any atom is 0.415 e. The molecule has 0 bridgehead atoms. The van der Waals surface area contributed by atoms with Gasteiger partial charge >= 0.3 is 11.8 Å². The summed E-state index contributed by atoms with van der Waals surface area (Å²) in [5.74, 6) is -0.175. The minimum Gasteiger partial charge on any atom is -0.436 e. The average molecular weight is 396 g/mol. The van der Waals surface area contributed by atoms with Crippen molar-refractivity contribution in [3.05, 3.63) is 46.1 Å². The minimum absolute atomic E-state index is 0.175. The molecule has 0 radical (unpaired) electrons. The summed E-state index contributed by atoms with van der Waals surface area (Å²) in [4.78, 5) is 19.0. The molecule has 2 aromatic rings. The van der Waals surface area contributed by atoms with Crippen LogP contribution in [0.5, 0.6) is 6.01 Å². The molecule has 0 N–H and O–H groups in total. The van der Waals surface area contributed by atoms with E-state index in [0.717, 1.165) is 38.2 Å². The van der Waals surface area contributed by atoms with Crippen molar-refractivity contribution in [2.24, 2.45) is 0 Å². The number of nitro groups is 1. The molecule has 4 rings (SSSR count). The molecule has 152 valence electrons. The zero-order chi connectivity index (χ0) is 20.6. The normalized spacial score (nSPS) is 21.7. The van der Waals surface area contributed by atoms with Crippen LogP contribution in [0.3, 0.4) is 0 Å². The number of piperidine rings is 1. The predicted octanol–water partition coefficient (Wildman–Crippen LogP) is 2.41. The Balaban J connectivity index is 1.31. The average Bonchev–Trinajstić information content (AvgIpc) is 3.23. The molecule has 3 heterocycles. The molecule has 1 fully saturated rings. The highest BCUT2D eigenvalue weighted by Crippen LogP contribution is 2.32. The van der Waals surface area contributed by atoms with Crippen LogP contribution in [0.15, 0.2) is 30.5 Å². The number of likely N-dealkylation sites (N-methyl/N-ethyl adjacent to an activating group) is 1. The maximum atomic E-state index is 10.9. The molecule has 29 heavy (non-hydrogen) atoms. The quantitative estimate of drug-likeness (QED) is 0.565. The van der Waals surface area contributed by atoms with Gasteiger partial charge < -0.3 is 19.8 Å². The SMILES string of the molecule is CN(C[C@@]1(C)Cn2cc([N+](=O)[O-])nc2O1)C1CCN(c2ccc(C#N)cc2)CC1. The highest BCUT2D eigenvalue weighted by molar-refractivity contribution is 5.50. The van der Waals surface area contributed by atoms with Gasteiger partial charge in [-0.15, -0.1) is 0 Å². The van der Waals surface area contributed by atoms with Crippen molar-refractivity contribution in [1.29, 1.82) is 5.26 Å². The van der Waals surface area contributed by atoms with Crippen molar-refractivity contribution in [3.63, 3.8) is 0 Å². The van der Waals surface area contributed by atoms with Crippen LogP contribution in [0.25, 0.3) is 0 Å². The third-order valence-electron chi connectivity index (χ3n) is 5.79. The summed E-state index contributed by atoms with van der Waals surface area (Å²) < 4.78 is 7.69. The molecular formula is C20H24N6O3. The highest BCUT2D eigenvalue weighted by atomic mass is 16.6. The van der Waals surface area contributed by atoms with Gasteiger partial charge in [-0.2, -0.15) is 5.26 Å². The Hall–Kier alpha value is -3.12. The molecule has 9 heteroatoms. The van der Waals surface area contributed by atoms with Crippen LogP contribution in [0.1, 0.15) is 25.3 Å². The van der Waals surface area contributed by atoms with Gasteiger partial charge in [-0.25, -0.2) is 0 Å². The number of nitrogens with zero attached hydrogens (tertiary/aromatic N) is 6. The molecule has 1 saturated heterocycles. The Morgan fingerprint density at radius 1 is 1.38 bits per heavy atom. The zero-order valence-corrected chi connectivity index (χ0v) is 16.6. The maximum absolute atomic E-state index is 10.9. The fraction of sp³-hybridized carbons (Fsp3) is 0.500. The first-order chi connectivity index (χ1) is 13.9. The van der Waals surface area contributed by atoms with Crippen LogP contribution in [0.4, 0.5) is 11.5 Å². The topological polar surface area (TPSA) is 100 Å². The number of rotatable bonds is 5. The first kappa shape index (κ1) is 19.2. The van der Waals surface area contributed by atoms with Crippen molar-refractivity contribution in [2.45, 2.75) is 38.0 Å². The van der Waals surface area contributed by atoms with Crippen LogP contribution in [0.2, 0.25) is 0 Å². The lowest BCUT2D eigenvalue weighted by Gasteiger charge is -2.40. The van der Waals surface area contributed by atoms with Crippen molar-refractivity contribution >= 4 is 11.5 Å². The summed E-state index contributed by atoms with van der Waals surface area (Å²) >= 11 is 0. The molecule has 1 aromatic heterocycles. The number of benzene rings is 1. The molecule has 1 atom stereocenters. The Morgan fingerprint density at radius 3 is 2.66 bits per heavy atom. The lowest BCUT2D eigenvalue weighted by molar-refractivity contribution is -0.389. The summed E-state index contributed by atoms with van der Waals surface area (Å²) in [6, 6.07) is 10.7. The second-order valence-electron chi connectivity index (χ2n) is 8.11. The molecule has 0 amide bonds. The number of hydrogen-bond donors (Lipinski definition) is 0. The summed E-state index contributed by atoms with van der Waals surface area (Å²) in [5.41, 5.74) is 1.39. The zero-order valence-electron chi connectivity index (χ0n) is 16.6. The van der Waals surface area contributed by atoms with Gasteiger partial charge in [0.2, 0.25) is 0 Å². The summed E-state index contributed by atoms with van der Waals surface area (Å²) in [6.45, 7) is 5.23. The first-order valence-electron chi connectivity index (χ1n) is 9.73. The van der Waals surface area contributed by atoms with Crippen LogP contribution in [-0.2, 0) is 6.54 Å². The third kappa shape index (κ3) is 3.89. The van der Waals surface area contributed by atoms with Crippen molar-refractivity contribution in [3.8, 4) is 12.1 Å². The van der Waals surface area contributed by atoms with Gasteiger partial charge in [-0.05, 0) is 56.0 Å². The Kier molecular flexibility index (Phi) is 4.88.